The van der Waals surface area contributed by atoms with Gasteiger partial charge in [0.1, 0.15) is 10.7 Å². The fraction of sp³-hybridized carbons (Fsp3) is 0.235. The number of nitrogens with zero attached hydrogens (tertiary/aromatic N) is 1. The Morgan fingerprint density at radius 1 is 0.967 bits per heavy atom. The number of sulfonamides is 2. The van der Waals surface area contributed by atoms with Crippen LogP contribution < -0.4 is 10.4 Å². The minimum Gasteiger partial charge on any atom is -0.379 e. The number of nitrogens with one attached hydrogen (secondary N) is 3. The summed E-state index contributed by atoms with van der Waals surface area (Å²) in [5, 5.41) is 0. The van der Waals surface area contributed by atoms with Gasteiger partial charge in [0, 0.05) is 13.1 Å². The molecule has 1 aliphatic rings. The molecular weight excluding hydrogens is 439 g/mol. The fourth-order valence-corrected chi connectivity index (χ4v) is 5.66. The molecular formula is C17H17FN4O6S2. The molecule has 0 aliphatic carbocycles. The van der Waals surface area contributed by atoms with Crippen LogP contribution in [0.25, 0.3) is 11.0 Å². The lowest BCUT2D eigenvalue weighted by Gasteiger charge is -2.26. The largest absolute Gasteiger partial charge is 0.379 e. The summed E-state index contributed by atoms with van der Waals surface area (Å²) in [6.07, 6.45) is 0. The van der Waals surface area contributed by atoms with Gasteiger partial charge in [-0.3, -0.25) is 4.72 Å². The van der Waals surface area contributed by atoms with Gasteiger partial charge in [0.05, 0.1) is 34.8 Å². The van der Waals surface area contributed by atoms with E-state index in [0.717, 1.165) is 22.5 Å². The normalized spacial score (nSPS) is 16.0. The minimum atomic E-state index is -4.16. The molecule has 30 heavy (non-hydrogen) atoms. The van der Waals surface area contributed by atoms with Gasteiger partial charge >= 0.3 is 5.69 Å². The zero-order valence-corrected chi connectivity index (χ0v) is 17.0. The summed E-state index contributed by atoms with van der Waals surface area (Å²) in [7, 11) is -8.29. The number of benzene rings is 2. The van der Waals surface area contributed by atoms with Crippen molar-refractivity contribution in [3.8, 4) is 0 Å². The van der Waals surface area contributed by atoms with E-state index in [1.807, 2.05) is 0 Å². The molecule has 0 atom stereocenters. The van der Waals surface area contributed by atoms with Gasteiger partial charge in [-0.1, -0.05) is 0 Å². The Hall–Kier alpha value is -2.74. The van der Waals surface area contributed by atoms with Gasteiger partial charge in [-0.25, -0.2) is 26.0 Å². The predicted molar refractivity (Wildman–Crippen MR) is 106 cm³/mol. The van der Waals surface area contributed by atoms with E-state index < -0.39 is 36.4 Å². The van der Waals surface area contributed by atoms with E-state index in [0.29, 0.717) is 5.52 Å². The van der Waals surface area contributed by atoms with E-state index in [9.17, 15) is 26.0 Å². The molecule has 0 saturated carbocycles. The number of imidazole rings is 1. The lowest BCUT2D eigenvalue weighted by atomic mass is 10.3. The maximum atomic E-state index is 14.3. The zero-order valence-electron chi connectivity index (χ0n) is 15.4. The number of rotatable bonds is 5. The molecule has 2 aromatic carbocycles. The van der Waals surface area contributed by atoms with Crippen LogP contribution in [0.4, 0.5) is 10.1 Å². The fourth-order valence-electron chi connectivity index (χ4n) is 3.08. The molecule has 0 bridgehead atoms. The Morgan fingerprint density at radius 2 is 1.67 bits per heavy atom. The van der Waals surface area contributed by atoms with Crippen LogP contribution in [0.2, 0.25) is 0 Å². The first-order chi connectivity index (χ1) is 14.2. The molecule has 1 aliphatic heterocycles. The Kier molecular flexibility index (Phi) is 5.13. The Labute approximate surface area is 170 Å². The highest BCUT2D eigenvalue weighted by Gasteiger charge is 2.29. The van der Waals surface area contributed by atoms with Crippen LogP contribution >= 0.6 is 0 Å². The van der Waals surface area contributed by atoms with Crippen molar-refractivity contribution < 1.29 is 26.0 Å². The topological polar surface area (TPSA) is 141 Å². The predicted octanol–water partition coefficient (Wildman–Crippen LogP) is 0.817. The lowest BCUT2D eigenvalue weighted by Crippen LogP contribution is -2.40. The van der Waals surface area contributed by atoms with Crippen molar-refractivity contribution in [3.63, 3.8) is 0 Å². The van der Waals surface area contributed by atoms with Gasteiger partial charge < -0.3 is 14.7 Å². The highest BCUT2D eigenvalue weighted by atomic mass is 32.2. The van der Waals surface area contributed by atoms with Crippen LogP contribution in [-0.2, 0) is 24.8 Å². The number of halogens is 1. The second-order valence-electron chi connectivity index (χ2n) is 6.55. The average molecular weight is 456 g/mol. The third-order valence-corrected chi connectivity index (χ3v) is 7.86. The molecule has 13 heteroatoms. The third-order valence-electron chi connectivity index (χ3n) is 4.57. The SMILES string of the molecule is O=c1[nH]c2ccc(S(=O)(=O)Nc3ccc(F)c(S(=O)(=O)N4CCOCC4)c3)cc2[nH]1. The number of hydrogen-bond acceptors (Lipinski definition) is 6. The third kappa shape index (κ3) is 3.84. The van der Waals surface area contributed by atoms with Gasteiger partial charge in [-0.2, -0.15) is 4.31 Å². The highest BCUT2D eigenvalue weighted by Crippen LogP contribution is 2.26. The van der Waals surface area contributed by atoms with Gasteiger partial charge in [0.15, 0.2) is 0 Å². The molecule has 10 nitrogen and oxygen atoms in total. The number of hydrogen-bond donors (Lipinski definition) is 3. The molecule has 3 N–H and O–H groups in total. The summed E-state index contributed by atoms with van der Waals surface area (Å²) in [5.74, 6) is -0.990. The van der Waals surface area contributed by atoms with Crippen LogP contribution in [-0.4, -0.2) is 57.4 Å². The second-order valence-corrected chi connectivity index (χ2v) is 10.1. The van der Waals surface area contributed by atoms with Gasteiger partial charge in [-0.15, -0.1) is 0 Å². The van der Waals surface area contributed by atoms with E-state index >= 15 is 0 Å². The van der Waals surface area contributed by atoms with Crippen molar-refractivity contribution in [1.82, 2.24) is 14.3 Å². The summed E-state index contributed by atoms with van der Waals surface area (Å²) < 4.78 is 73.7. The molecule has 1 fully saturated rings. The first kappa shape index (κ1) is 20.5. The van der Waals surface area contributed by atoms with Crippen molar-refractivity contribution in [2.75, 3.05) is 31.0 Å². The molecule has 4 rings (SSSR count). The maximum absolute atomic E-state index is 14.3. The van der Waals surface area contributed by atoms with Crippen LogP contribution in [0.5, 0.6) is 0 Å². The molecule has 0 amide bonds. The van der Waals surface area contributed by atoms with Crippen molar-refractivity contribution in [3.05, 3.63) is 52.7 Å². The molecule has 3 aromatic rings. The standard InChI is InChI=1S/C17H17FN4O6S2/c18-13-3-1-11(9-16(13)30(26,27)22-5-7-28-8-6-22)21-29(24,25)12-2-4-14-15(10-12)20-17(23)19-14/h1-4,9-10,21H,5-8H2,(H2,19,20,23). The Bertz CT molecular complexity index is 1370. The summed E-state index contributed by atoms with van der Waals surface area (Å²) in [4.78, 5) is 15.5. The van der Waals surface area contributed by atoms with E-state index in [2.05, 4.69) is 14.7 Å². The number of aromatic nitrogens is 2. The van der Waals surface area contributed by atoms with Crippen LogP contribution in [0, 0.1) is 5.82 Å². The molecule has 1 aromatic heterocycles. The van der Waals surface area contributed by atoms with Crippen LogP contribution in [0.3, 0.4) is 0 Å². The van der Waals surface area contributed by atoms with Crippen LogP contribution in [0.1, 0.15) is 0 Å². The minimum absolute atomic E-state index is 0.0760. The number of fused-ring (bicyclic) bond motifs is 1. The number of ether oxygens (including phenoxy) is 1. The summed E-state index contributed by atoms with van der Waals surface area (Å²) in [5.41, 5.74) is 0.118. The lowest BCUT2D eigenvalue weighted by molar-refractivity contribution is 0.0729. The summed E-state index contributed by atoms with van der Waals surface area (Å²) >= 11 is 0. The number of aromatic amines is 2. The zero-order chi connectivity index (χ0) is 21.5. The van der Waals surface area contributed by atoms with E-state index in [-0.39, 0.29) is 42.4 Å². The van der Waals surface area contributed by atoms with E-state index in [1.54, 1.807) is 0 Å². The van der Waals surface area contributed by atoms with Gasteiger partial charge in [-0.05, 0) is 36.4 Å². The highest BCUT2D eigenvalue weighted by molar-refractivity contribution is 7.92. The first-order valence-electron chi connectivity index (χ1n) is 8.79. The van der Waals surface area contributed by atoms with Gasteiger partial charge in [0.2, 0.25) is 10.0 Å². The molecule has 0 spiro atoms. The maximum Gasteiger partial charge on any atom is 0.323 e. The number of anilines is 1. The van der Waals surface area contributed by atoms with Crippen molar-refractivity contribution in [1.29, 1.82) is 0 Å². The van der Waals surface area contributed by atoms with Crippen molar-refractivity contribution >= 4 is 36.8 Å². The molecule has 0 unspecified atom stereocenters. The monoisotopic (exact) mass is 456 g/mol. The van der Waals surface area contributed by atoms with E-state index in [1.165, 1.54) is 18.2 Å². The van der Waals surface area contributed by atoms with Crippen LogP contribution in [0.15, 0.2) is 51.0 Å². The second kappa shape index (κ2) is 7.50. The van der Waals surface area contributed by atoms with Crippen molar-refractivity contribution in [2.24, 2.45) is 0 Å². The number of H-pyrrole nitrogens is 2. The molecule has 2 heterocycles. The average Bonchev–Trinajstić information content (AvgIpc) is 3.09. The molecule has 160 valence electrons. The number of morpholine rings is 1. The summed E-state index contributed by atoms with van der Waals surface area (Å²) in [6.45, 7) is 0.535. The summed E-state index contributed by atoms with van der Waals surface area (Å²) in [6, 6.07) is 6.91. The smallest absolute Gasteiger partial charge is 0.323 e. The Morgan fingerprint density at radius 3 is 2.40 bits per heavy atom. The first-order valence-corrected chi connectivity index (χ1v) is 11.7. The Balaban J connectivity index is 1.67. The molecule has 1 saturated heterocycles. The van der Waals surface area contributed by atoms with E-state index in [4.69, 9.17) is 4.74 Å². The van der Waals surface area contributed by atoms with Crippen molar-refractivity contribution in [2.45, 2.75) is 9.79 Å². The van der Waals surface area contributed by atoms with Gasteiger partial charge in [0.25, 0.3) is 10.0 Å². The quantitative estimate of drug-likeness (QED) is 0.519. The molecule has 0 radical (unpaired) electrons.